The molecule has 30 heavy (non-hydrogen) atoms. The Kier molecular flexibility index (Phi) is 6.04. The third-order valence-corrected chi connectivity index (χ3v) is 6.69. The van der Waals surface area contributed by atoms with Gasteiger partial charge in [-0.1, -0.05) is 23.8 Å². The van der Waals surface area contributed by atoms with Crippen LogP contribution in [0.4, 0.5) is 0 Å². The standard InChI is InChI=1S/C23H26N2O4S/c1-15-5-6-16(2)17(14-15)21(26)19-20(18-4-3-13-30-18)25(23(28)22(19)27)8-7-24-9-11-29-12-10-24/h3-6,13-14,20,26H,7-12H2,1-2H3/t20-/m1/s1. The molecule has 1 N–H and O–H groups in total. The second kappa shape index (κ2) is 8.71. The highest BCUT2D eigenvalue weighted by molar-refractivity contribution is 7.10. The van der Waals surface area contributed by atoms with Crippen molar-refractivity contribution in [1.82, 2.24) is 9.80 Å². The van der Waals surface area contributed by atoms with E-state index in [1.54, 1.807) is 4.90 Å². The maximum atomic E-state index is 13.0. The van der Waals surface area contributed by atoms with Crippen LogP contribution in [0, 0.1) is 13.8 Å². The number of amides is 1. The Morgan fingerprint density at radius 3 is 2.63 bits per heavy atom. The maximum Gasteiger partial charge on any atom is 0.295 e. The highest BCUT2D eigenvalue weighted by Crippen LogP contribution is 2.41. The second-order valence-corrected chi connectivity index (χ2v) is 8.76. The Bertz CT molecular complexity index is 977. The molecule has 158 valence electrons. The zero-order chi connectivity index (χ0) is 21.3. The smallest absolute Gasteiger partial charge is 0.295 e. The van der Waals surface area contributed by atoms with Crippen molar-refractivity contribution in [3.63, 3.8) is 0 Å². The van der Waals surface area contributed by atoms with Gasteiger partial charge in [0.2, 0.25) is 0 Å². The van der Waals surface area contributed by atoms with Crippen molar-refractivity contribution >= 4 is 28.8 Å². The minimum absolute atomic E-state index is 0.0955. The molecule has 1 aromatic carbocycles. The number of Topliss-reactive ketones (excluding diaryl/α,β-unsaturated/α-hetero) is 1. The summed E-state index contributed by atoms with van der Waals surface area (Å²) in [5, 5.41) is 13.1. The van der Waals surface area contributed by atoms with Crippen molar-refractivity contribution in [2.24, 2.45) is 0 Å². The van der Waals surface area contributed by atoms with E-state index in [1.807, 2.05) is 49.6 Å². The van der Waals surface area contributed by atoms with E-state index in [1.165, 1.54) is 11.3 Å². The van der Waals surface area contributed by atoms with Crippen LogP contribution < -0.4 is 0 Å². The van der Waals surface area contributed by atoms with Gasteiger partial charge in [0.25, 0.3) is 11.7 Å². The molecule has 6 nitrogen and oxygen atoms in total. The van der Waals surface area contributed by atoms with Crippen LogP contribution in [0.5, 0.6) is 0 Å². The number of ketones is 1. The number of carbonyl (C=O) groups excluding carboxylic acids is 2. The van der Waals surface area contributed by atoms with Gasteiger partial charge >= 0.3 is 0 Å². The SMILES string of the molecule is Cc1ccc(C)c(C(O)=C2C(=O)C(=O)N(CCN3CCOCC3)[C@@H]2c2cccs2)c1. The molecule has 0 unspecified atom stereocenters. The molecule has 0 radical (unpaired) electrons. The van der Waals surface area contributed by atoms with Crippen molar-refractivity contribution in [1.29, 1.82) is 0 Å². The Morgan fingerprint density at radius 2 is 1.93 bits per heavy atom. The normalized spacial score (nSPS) is 22.1. The number of aryl methyl sites for hydroxylation is 2. The molecule has 0 bridgehead atoms. The van der Waals surface area contributed by atoms with Gasteiger partial charge in [0.1, 0.15) is 5.76 Å². The molecule has 2 aliphatic rings. The van der Waals surface area contributed by atoms with Crippen molar-refractivity contribution in [3.05, 3.63) is 62.9 Å². The van der Waals surface area contributed by atoms with Crippen LogP contribution in [-0.4, -0.2) is 66.0 Å². The zero-order valence-electron chi connectivity index (χ0n) is 17.3. The van der Waals surface area contributed by atoms with Crippen LogP contribution in [0.2, 0.25) is 0 Å². The van der Waals surface area contributed by atoms with Crippen molar-refractivity contribution in [2.45, 2.75) is 19.9 Å². The largest absolute Gasteiger partial charge is 0.507 e. The third-order valence-electron chi connectivity index (χ3n) is 5.76. The molecule has 2 aromatic rings. The molecule has 1 aromatic heterocycles. The summed E-state index contributed by atoms with van der Waals surface area (Å²) < 4.78 is 5.39. The lowest BCUT2D eigenvalue weighted by Gasteiger charge is -2.30. The Morgan fingerprint density at radius 1 is 1.17 bits per heavy atom. The van der Waals surface area contributed by atoms with Crippen molar-refractivity contribution < 1.29 is 19.4 Å². The van der Waals surface area contributed by atoms with E-state index in [0.29, 0.717) is 31.9 Å². The average molecular weight is 427 g/mol. The fourth-order valence-electron chi connectivity index (χ4n) is 4.06. The number of rotatable bonds is 5. The number of nitrogens with zero attached hydrogens (tertiary/aromatic N) is 2. The van der Waals surface area contributed by atoms with Crippen LogP contribution in [0.15, 0.2) is 41.3 Å². The molecular formula is C23H26N2O4S. The summed E-state index contributed by atoms with van der Waals surface area (Å²) in [7, 11) is 0. The number of aliphatic hydroxyl groups is 1. The first kappa shape index (κ1) is 20.8. The summed E-state index contributed by atoms with van der Waals surface area (Å²) in [6.45, 7) is 7.92. The van der Waals surface area contributed by atoms with E-state index in [2.05, 4.69) is 4.90 Å². The van der Waals surface area contributed by atoms with Crippen LogP contribution in [0.1, 0.15) is 27.6 Å². The Balaban J connectivity index is 1.73. The van der Waals surface area contributed by atoms with Gasteiger partial charge in [-0.15, -0.1) is 11.3 Å². The van der Waals surface area contributed by atoms with E-state index in [9.17, 15) is 14.7 Å². The van der Waals surface area contributed by atoms with Gasteiger partial charge in [-0.25, -0.2) is 0 Å². The molecule has 0 spiro atoms. The number of morpholine rings is 1. The first-order valence-corrected chi connectivity index (χ1v) is 11.0. The van der Waals surface area contributed by atoms with Gasteiger partial charge in [-0.05, 0) is 36.9 Å². The zero-order valence-corrected chi connectivity index (χ0v) is 18.1. The number of carbonyl (C=O) groups is 2. The predicted octanol–water partition coefficient (Wildman–Crippen LogP) is 3.12. The van der Waals surface area contributed by atoms with E-state index in [0.717, 1.165) is 29.1 Å². The second-order valence-electron chi connectivity index (χ2n) is 7.78. The molecule has 2 fully saturated rings. The van der Waals surface area contributed by atoms with Crippen molar-refractivity contribution in [3.8, 4) is 0 Å². The fraction of sp³-hybridized carbons (Fsp3) is 0.391. The first-order chi connectivity index (χ1) is 14.5. The van der Waals surface area contributed by atoms with Gasteiger partial charge in [0.05, 0.1) is 24.8 Å². The van der Waals surface area contributed by atoms with Crippen LogP contribution in [-0.2, 0) is 14.3 Å². The molecule has 4 rings (SSSR count). The summed E-state index contributed by atoms with van der Waals surface area (Å²) >= 11 is 1.49. The molecule has 0 saturated carbocycles. The summed E-state index contributed by atoms with van der Waals surface area (Å²) in [6, 6.07) is 8.99. The fourth-order valence-corrected chi connectivity index (χ4v) is 4.91. The molecule has 2 aliphatic heterocycles. The number of likely N-dealkylation sites (tertiary alicyclic amines) is 1. The number of ether oxygens (including phenoxy) is 1. The minimum Gasteiger partial charge on any atom is -0.507 e. The number of benzene rings is 1. The van der Waals surface area contributed by atoms with Gasteiger partial charge in [0.15, 0.2) is 0 Å². The topological polar surface area (TPSA) is 70.1 Å². The summed E-state index contributed by atoms with van der Waals surface area (Å²) in [4.78, 5) is 30.7. The lowest BCUT2D eigenvalue weighted by atomic mass is 9.96. The van der Waals surface area contributed by atoms with E-state index < -0.39 is 17.7 Å². The van der Waals surface area contributed by atoms with E-state index in [-0.39, 0.29) is 11.3 Å². The lowest BCUT2D eigenvalue weighted by molar-refractivity contribution is -0.140. The van der Waals surface area contributed by atoms with Gasteiger partial charge in [-0.2, -0.15) is 0 Å². The van der Waals surface area contributed by atoms with E-state index in [4.69, 9.17) is 4.74 Å². The molecule has 1 atom stereocenters. The van der Waals surface area contributed by atoms with E-state index >= 15 is 0 Å². The monoisotopic (exact) mass is 426 g/mol. The molecule has 1 amide bonds. The van der Waals surface area contributed by atoms with Crippen molar-refractivity contribution in [2.75, 3.05) is 39.4 Å². The highest BCUT2D eigenvalue weighted by Gasteiger charge is 2.46. The lowest BCUT2D eigenvalue weighted by Crippen LogP contribution is -2.42. The van der Waals surface area contributed by atoms with Crippen LogP contribution in [0.25, 0.3) is 5.76 Å². The van der Waals surface area contributed by atoms with Gasteiger partial charge in [0, 0.05) is 36.6 Å². The van der Waals surface area contributed by atoms with Gasteiger partial charge in [-0.3, -0.25) is 14.5 Å². The number of thiophene rings is 1. The highest BCUT2D eigenvalue weighted by atomic mass is 32.1. The molecule has 0 aliphatic carbocycles. The molecule has 2 saturated heterocycles. The summed E-state index contributed by atoms with van der Waals surface area (Å²) in [5.41, 5.74) is 2.62. The minimum atomic E-state index is -0.617. The van der Waals surface area contributed by atoms with Gasteiger partial charge < -0.3 is 14.7 Å². The van der Waals surface area contributed by atoms with Crippen LogP contribution >= 0.6 is 11.3 Å². The number of hydrogen-bond donors (Lipinski definition) is 1. The Hall–Kier alpha value is -2.48. The van der Waals surface area contributed by atoms with Crippen LogP contribution in [0.3, 0.4) is 0 Å². The Labute approximate surface area is 180 Å². The number of aliphatic hydroxyl groups excluding tert-OH is 1. The molecular weight excluding hydrogens is 400 g/mol. The quantitative estimate of drug-likeness (QED) is 0.452. The number of hydrogen-bond acceptors (Lipinski definition) is 6. The molecule has 7 heteroatoms. The summed E-state index contributed by atoms with van der Waals surface area (Å²) in [6.07, 6.45) is 0. The third kappa shape index (κ3) is 3.93. The molecule has 3 heterocycles. The summed E-state index contributed by atoms with van der Waals surface area (Å²) in [5.74, 6) is -1.26. The maximum absolute atomic E-state index is 13.0. The first-order valence-electron chi connectivity index (χ1n) is 10.2. The average Bonchev–Trinajstić information content (AvgIpc) is 3.36. The predicted molar refractivity (Wildman–Crippen MR) is 117 cm³/mol.